The van der Waals surface area contributed by atoms with E-state index in [1.807, 2.05) is 0 Å². The van der Waals surface area contributed by atoms with Gasteiger partial charge >= 0.3 is 169 Å². The molecule has 24 heavy (non-hydrogen) atoms. The third-order valence-corrected chi connectivity index (χ3v) is 17.0. The van der Waals surface area contributed by atoms with Crippen molar-refractivity contribution in [3.05, 3.63) is 0 Å². The van der Waals surface area contributed by atoms with E-state index < -0.39 is 4.25 Å². The Hall–Kier alpha value is 1.16. The molecule has 0 rings (SSSR count). The Labute approximate surface area is 168 Å². The van der Waals surface area contributed by atoms with Gasteiger partial charge in [-0.15, -0.1) is 0 Å². The van der Waals surface area contributed by atoms with Gasteiger partial charge in [0.05, 0.1) is 0 Å². The predicted octanol–water partition coefficient (Wildman–Crippen LogP) is 9.29. The van der Waals surface area contributed by atoms with Gasteiger partial charge in [0.1, 0.15) is 0 Å². The number of halogens is 1. The second-order valence-corrected chi connectivity index (χ2v) is 22.3. The summed E-state index contributed by atoms with van der Waals surface area (Å²) in [6.07, 6.45) is 23.7. The Balaban J connectivity index is 4.93. The third-order valence-electron chi connectivity index (χ3n) is 5.53. The quantitative estimate of drug-likeness (QED) is 0.113. The Bertz CT molecular complexity index is 254. The van der Waals surface area contributed by atoms with Crippen molar-refractivity contribution in [3.63, 3.8) is 0 Å². The summed E-state index contributed by atoms with van der Waals surface area (Å²) in [5.74, 6) is 0.878. The first-order valence-corrected chi connectivity index (χ1v) is 16.9. The van der Waals surface area contributed by atoms with E-state index in [4.69, 9.17) is 0 Å². The number of rotatable bonds is 17. The van der Waals surface area contributed by atoms with Crippen molar-refractivity contribution in [3.8, 4) is 0 Å². The number of hydrogen-bond acceptors (Lipinski definition) is 0. The Morgan fingerprint density at radius 1 is 0.583 bits per heavy atom. The molecule has 148 valence electrons. The molecule has 0 nitrogen and oxygen atoms in total. The van der Waals surface area contributed by atoms with E-state index in [0.29, 0.717) is 0 Å². The van der Waals surface area contributed by atoms with Crippen LogP contribution in [0.1, 0.15) is 112 Å². The molecule has 0 spiro atoms. The van der Waals surface area contributed by atoms with Gasteiger partial charge in [0.15, 0.2) is 0 Å². The molecule has 0 saturated carbocycles. The fourth-order valence-corrected chi connectivity index (χ4v) is 15.8. The Kier molecular flexibility index (Phi) is 14.9. The average Bonchev–Trinajstić information content (AvgIpc) is 2.53. The van der Waals surface area contributed by atoms with Gasteiger partial charge in [-0.3, -0.25) is 0 Å². The van der Waals surface area contributed by atoms with Crippen LogP contribution in [0.25, 0.3) is 0 Å². The van der Waals surface area contributed by atoms with Gasteiger partial charge in [-0.2, -0.15) is 0 Å². The summed E-state index contributed by atoms with van der Waals surface area (Å²) in [5.41, 5.74) is 0. The minimum atomic E-state index is -1.53. The molecule has 0 aliphatic rings. The zero-order valence-electron chi connectivity index (χ0n) is 17.7. The summed E-state index contributed by atoms with van der Waals surface area (Å²) in [5, 5.41) is 0. The molecule has 0 bridgehead atoms. The molecule has 0 saturated heterocycles. The van der Waals surface area contributed by atoms with Gasteiger partial charge in [0.2, 0.25) is 0 Å². The molecular weight excluding hydrogens is 422 g/mol. The second kappa shape index (κ2) is 14.2. The van der Waals surface area contributed by atoms with E-state index in [-0.39, 0.29) is 0 Å². The van der Waals surface area contributed by atoms with Crippen LogP contribution < -0.4 is 0 Å². The van der Waals surface area contributed by atoms with E-state index in [9.17, 15) is 0 Å². The molecule has 0 heterocycles. The molecule has 0 aliphatic heterocycles. The molecule has 0 N–H and O–H groups in total. The van der Waals surface area contributed by atoms with E-state index in [2.05, 4.69) is 56.7 Å². The van der Waals surface area contributed by atoms with E-state index >= 15 is 0 Å². The minimum absolute atomic E-state index is 0.878. The van der Waals surface area contributed by atoms with Crippen molar-refractivity contribution in [2.45, 2.75) is 112 Å². The number of unbranched alkanes of at least 4 members (excludes halogenated alkanes) is 9. The van der Waals surface area contributed by atoms with Crippen LogP contribution in [0.4, 0.5) is 0 Å². The Morgan fingerprint density at radius 3 is 1.17 bits per heavy atom. The van der Waals surface area contributed by atoms with Crippen molar-refractivity contribution in [2.75, 3.05) is 24.6 Å². The average molecular weight is 471 g/mol. The number of hydrogen-bond donors (Lipinski definition) is 0. The van der Waals surface area contributed by atoms with E-state index in [1.54, 1.807) is 24.6 Å². The molecule has 0 aromatic carbocycles. The van der Waals surface area contributed by atoms with Crippen LogP contribution in [0, 0.1) is 5.92 Å². The maximum absolute atomic E-state index is 3.11. The van der Waals surface area contributed by atoms with E-state index in [0.717, 1.165) is 5.92 Å². The summed E-state index contributed by atoms with van der Waals surface area (Å²) in [6.45, 7) is 12.0. The molecule has 0 aliphatic carbocycles. The van der Waals surface area contributed by atoms with E-state index in [1.165, 1.54) is 77.0 Å². The topological polar surface area (TPSA) is 0 Å². The van der Waals surface area contributed by atoms with Gasteiger partial charge in [0.25, 0.3) is 0 Å². The van der Waals surface area contributed by atoms with Crippen molar-refractivity contribution >= 4 is 26.3 Å². The molecule has 0 aromatic rings. The molecule has 2 heteroatoms. The first-order chi connectivity index (χ1) is 11.4. The third kappa shape index (κ3) is 11.7. The van der Waals surface area contributed by atoms with Crippen LogP contribution in [0.3, 0.4) is 0 Å². The van der Waals surface area contributed by atoms with Crippen LogP contribution >= 0.6 is 26.3 Å². The van der Waals surface area contributed by atoms with Gasteiger partial charge < -0.3 is 0 Å². The van der Waals surface area contributed by atoms with Crippen LogP contribution in [0.2, 0.25) is 0 Å². The summed E-state index contributed by atoms with van der Waals surface area (Å²) in [4.78, 5) is 0. The summed E-state index contributed by atoms with van der Waals surface area (Å²) >= 11 is 3.11. The monoisotopic (exact) mass is 470 g/mol. The fraction of sp³-hybridized carbons (Fsp3) is 1.00. The SMILES string of the molecule is CCCCCCP(I)(CCCCCC)(CCCCCC)CC(C)C. The molecule has 0 unspecified atom stereocenters. The van der Waals surface area contributed by atoms with Gasteiger partial charge in [-0.1, -0.05) is 0 Å². The van der Waals surface area contributed by atoms with Crippen LogP contribution in [-0.2, 0) is 0 Å². The standard InChI is InChI=1S/C22H48IP/c1-6-9-12-15-18-24(23,21-22(4)5,19-16-13-10-7-2)20-17-14-11-8-3/h22H,6-21H2,1-5H3. The first-order valence-electron chi connectivity index (χ1n) is 11.1. The predicted molar refractivity (Wildman–Crippen MR) is 128 cm³/mol. The van der Waals surface area contributed by atoms with Crippen molar-refractivity contribution in [1.29, 1.82) is 0 Å². The maximum atomic E-state index is 3.11. The van der Waals surface area contributed by atoms with Gasteiger partial charge in [0, 0.05) is 0 Å². The van der Waals surface area contributed by atoms with Crippen molar-refractivity contribution < 1.29 is 0 Å². The van der Waals surface area contributed by atoms with Crippen molar-refractivity contribution in [2.24, 2.45) is 5.92 Å². The van der Waals surface area contributed by atoms with Crippen LogP contribution in [0.15, 0.2) is 0 Å². The molecule has 0 radical (unpaired) electrons. The zero-order chi connectivity index (χ0) is 18.3. The Morgan fingerprint density at radius 2 is 0.917 bits per heavy atom. The summed E-state index contributed by atoms with van der Waals surface area (Å²) in [7, 11) is 0. The van der Waals surface area contributed by atoms with Crippen LogP contribution in [0.5, 0.6) is 0 Å². The van der Waals surface area contributed by atoms with Crippen molar-refractivity contribution in [1.82, 2.24) is 0 Å². The molecule has 0 amide bonds. The first kappa shape index (κ1) is 25.2. The second-order valence-electron chi connectivity index (χ2n) is 8.75. The molecule has 0 fully saturated rings. The van der Waals surface area contributed by atoms with Crippen LogP contribution in [-0.4, -0.2) is 24.6 Å². The fourth-order valence-electron chi connectivity index (χ4n) is 4.32. The normalized spacial score (nSPS) is 14.0. The van der Waals surface area contributed by atoms with Gasteiger partial charge in [-0.25, -0.2) is 0 Å². The summed E-state index contributed by atoms with van der Waals surface area (Å²) in [6, 6.07) is 0. The molecule has 0 atom stereocenters. The molecule has 0 aromatic heterocycles. The summed E-state index contributed by atoms with van der Waals surface area (Å²) < 4.78 is -1.53. The van der Waals surface area contributed by atoms with Gasteiger partial charge in [-0.05, 0) is 0 Å². The zero-order valence-corrected chi connectivity index (χ0v) is 20.8. The molecular formula is C22H48IP.